The van der Waals surface area contributed by atoms with Crippen molar-refractivity contribution in [2.24, 2.45) is 5.41 Å². The minimum atomic E-state index is -0.409. The fourth-order valence-corrected chi connectivity index (χ4v) is 4.67. The van der Waals surface area contributed by atoms with Crippen LogP contribution in [0.15, 0.2) is 59.8 Å². The number of ether oxygens (including phenoxy) is 2. The largest absolute Gasteiger partial charge is 0.497 e. The van der Waals surface area contributed by atoms with Crippen LogP contribution in [-0.2, 0) is 4.79 Å². The minimum Gasteiger partial charge on any atom is -0.497 e. The maximum absolute atomic E-state index is 13.4. The van der Waals surface area contributed by atoms with Crippen LogP contribution in [0, 0.1) is 5.41 Å². The molecule has 32 heavy (non-hydrogen) atoms. The van der Waals surface area contributed by atoms with Crippen molar-refractivity contribution in [2.45, 2.75) is 32.7 Å². The monoisotopic (exact) mass is 430 g/mol. The van der Waals surface area contributed by atoms with Gasteiger partial charge >= 0.3 is 0 Å². The number of allylic oxidation sites excluding steroid dienone is 2. The lowest BCUT2D eigenvalue weighted by Gasteiger charge is -2.38. The average molecular weight is 431 g/mol. The van der Waals surface area contributed by atoms with Crippen LogP contribution in [0.1, 0.15) is 38.3 Å². The molecule has 1 aliphatic carbocycles. The normalized spacial score (nSPS) is 19.1. The molecule has 5 rings (SSSR count). The number of benzene rings is 2. The molecule has 7 nitrogen and oxygen atoms in total. The van der Waals surface area contributed by atoms with Gasteiger partial charge in [-0.15, -0.1) is 5.10 Å². The molecule has 0 fully saturated rings. The number of Topliss-reactive ketones (excluding diaryl/α,β-unsaturated/α-hetero) is 1. The molecular formula is C25H26N4O3. The van der Waals surface area contributed by atoms with Crippen LogP contribution in [0.4, 0.5) is 5.95 Å². The molecule has 2 heterocycles. The summed E-state index contributed by atoms with van der Waals surface area (Å²) in [6.45, 7) is 4.24. The maximum Gasteiger partial charge on any atom is 0.226 e. The number of aromatic nitrogens is 3. The van der Waals surface area contributed by atoms with Gasteiger partial charge in [-0.05, 0) is 30.0 Å². The molecule has 0 saturated heterocycles. The number of para-hydroxylation sites is 1. The Bertz CT molecular complexity index is 1240. The van der Waals surface area contributed by atoms with Gasteiger partial charge in [0.15, 0.2) is 11.6 Å². The standard InChI is InChI=1S/C25H26N4O3/c1-25(2)13-18-21(19(30)14-25)22(17-10-5-6-11-20(17)32-4)29-24(26-18)27-23(28-29)15-8-7-9-16(12-15)31-3/h5-12,22H,13-14H2,1-4H3,(H,26,27,28). The fourth-order valence-electron chi connectivity index (χ4n) is 4.67. The van der Waals surface area contributed by atoms with E-state index in [0.717, 1.165) is 34.6 Å². The highest BCUT2D eigenvalue weighted by molar-refractivity contribution is 6.00. The number of ketones is 1. The minimum absolute atomic E-state index is 0.119. The molecule has 0 bridgehead atoms. The molecular weight excluding hydrogens is 404 g/mol. The number of anilines is 1. The SMILES string of the molecule is COc1cccc(-c2nc3n(n2)C(c2ccccc2OC)C2=C(CC(C)(C)CC2=O)N3)c1. The highest BCUT2D eigenvalue weighted by atomic mass is 16.5. The summed E-state index contributed by atoms with van der Waals surface area (Å²) in [4.78, 5) is 18.2. The van der Waals surface area contributed by atoms with Gasteiger partial charge < -0.3 is 14.8 Å². The second-order valence-electron chi connectivity index (χ2n) is 9.04. The zero-order valence-electron chi connectivity index (χ0n) is 18.7. The molecule has 164 valence electrons. The number of hydrogen-bond acceptors (Lipinski definition) is 6. The quantitative estimate of drug-likeness (QED) is 0.651. The number of nitrogens with zero attached hydrogens (tertiary/aromatic N) is 3. The van der Waals surface area contributed by atoms with E-state index in [1.807, 2.05) is 53.2 Å². The van der Waals surface area contributed by atoms with E-state index in [4.69, 9.17) is 19.6 Å². The van der Waals surface area contributed by atoms with Crippen LogP contribution in [0.3, 0.4) is 0 Å². The Labute approximate surface area is 187 Å². The van der Waals surface area contributed by atoms with E-state index < -0.39 is 6.04 Å². The summed E-state index contributed by atoms with van der Waals surface area (Å²) in [5.41, 5.74) is 3.27. The van der Waals surface area contributed by atoms with Crippen molar-refractivity contribution in [3.63, 3.8) is 0 Å². The Morgan fingerprint density at radius 3 is 2.66 bits per heavy atom. The highest BCUT2D eigenvalue weighted by Crippen LogP contribution is 2.47. The molecule has 3 aromatic rings. The van der Waals surface area contributed by atoms with Gasteiger partial charge in [0, 0.05) is 28.8 Å². The molecule has 0 saturated carbocycles. The predicted octanol–water partition coefficient (Wildman–Crippen LogP) is 4.62. The van der Waals surface area contributed by atoms with Crippen LogP contribution < -0.4 is 14.8 Å². The van der Waals surface area contributed by atoms with E-state index in [1.54, 1.807) is 14.2 Å². The second-order valence-corrected chi connectivity index (χ2v) is 9.04. The summed E-state index contributed by atoms with van der Waals surface area (Å²) < 4.78 is 12.8. The highest BCUT2D eigenvalue weighted by Gasteiger charge is 2.42. The number of fused-ring (bicyclic) bond motifs is 1. The molecule has 1 aromatic heterocycles. The van der Waals surface area contributed by atoms with Gasteiger partial charge in [0.25, 0.3) is 0 Å². The lowest BCUT2D eigenvalue weighted by Crippen LogP contribution is -2.36. The van der Waals surface area contributed by atoms with Crippen LogP contribution in [-0.4, -0.2) is 34.8 Å². The van der Waals surface area contributed by atoms with Crippen LogP contribution in [0.2, 0.25) is 0 Å². The Morgan fingerprint density at radius 2 is 1.88 bits per heavy atom. The molecule has 2 aliphatic rings. The Balaban J connectivity index is 1.70. The summed E-state index contributed by atoms with van der Waals surface area (Å²) in [5.74, 6) is 2.76. The summed E-state index contributed by atoms with van der Waals surface area (Å²) >= 11 is 0. The third-order valence-electron chi connectivity index (χ3n) is 6.09. The number of carbonyl (C=O) groups is 1. The van der Waals surface area contributed by atoms with Crippen LogP contribution >= 0.6 is 0 Å². The van der Waals surface area contributed by atoms with Gasteiger partial charge in [-0.3, -0.25) is 4.79 Å². The second kappa shape index (κ2) is 7.51. The van der Waals surface area contributed by atoms with Gasteiger partial charge in [0.1, 0.15) is 17.5 Å². The molecule has 0 radical (unpaired) electrons. The van der Waals surface area contributed by atoms with Crippen molar-refractivity contribution in [3.8, 4) is 22.9 Å². The summed E-state index contributed by atoms with van der Waals surface area (Å²) in [6, 6.07) is 15.0. The first-order valence-electron chi connectivity index (χ1n) is 10.7. The summed E-state index contributed by atoms with van der Waals surface area (Å²) in [6.07, 6.45) is 1.26. The molecule has 0 amide bonds. The predicted molar refractivity (Wildman–Crippen MR) is 122 cm³/mol. The third-order valence-corrected chi connectivity index (χ3v) is 6.09. The topological polar surface area (TPSA) is 78.3 Å². The first-order chi connectivity index (χ1) is 15.4. The van der Waals surface area contributed by atoms with E-state index in [1.165, 1.54) is 0 Å². The lowest BCUT2D eigenvalue weighted by atomic mass is 9.73. The van der Waals surface area contributed by atoms with E-state index in [9.17, 15) is 4.79 Å². The summed E-state index contributed by atoms with van der Waals surface area (Å²) in [5, 5.41) is 8.25. The Hall–Kier alpha value is -3.61. The van der Waals surface area contributed by atoms with E-state index in [2.05, 4.69) is 19.2 Å². The Kier molecular flexibility index (Phi) is 4.77. The molecule has 0 spiro atoms. The smallest absolute Gasteiger partial charge is 0.226 e. The lowest BCUT2D eigenvalue weighted by molar-refractivity contribution is -0.118. The number of rotatable bonds is 4. The molecule has 2 aromatic carbocycles. The molecule has 1 atom stereocenters. The van der Waals surface area contributed by atoms with E-state index in [0.29, 0.717) is 23.9 Å². The first-order valence-corrected chi connectivity index (χ1v) is 10.7. The molecule has 1 aliphatic heterocycles. The average Bonchev–Trinajstić information content (AvgIpc) is 3.20. The third kappa shape index (κ3) is 3.34. The maximum atomic E-state index is 13.4. The van der Waals surface area contributed by atoms with Crippen LogP contribution in [0.25, 0.3) is 11.4 Å². The number of methoxy groups -OCH3 is 2. The zero-order valence-corrected chi connectivity index (χ0v) is 18.7. The number of carbonyl (C=O) groups excluding carboxylic acids is 1. The molecule has 1 N–H and O–H groups in total. The number of hydrogen-bond donors (Lipinski definition) is 1. The number of nitrogens with one attached hydrogen (secondary N) is 1. The van der Waals surface area contributed by atoms with Gasteiger partial charge in [-0.25, -0.2) is 4.68 Å². The van der Waals surface area contributed by atoms with Gasteiger partial charge in [0.05, 0.1) is 14.2 Å². The summed E-state index contributed by atoms with van der Waals surface area (Å²) in [7, 11) is 3.28. The zero-order chi connectivity index (χ0) is 22.5. The van der Waals surface area contributed by atoms with Gasteiger partial charge in [-0.2, -0.15) is 4.98 Å². The molecule has 7 heteroatoms. The van der Waals surface area contributed by atoms with Crippen molar-refractivity contribution in [1.29, 1.82) is 0 Å². The van der Waals surface area contributed by atoms with Crippen LogP contribution in [0.5, 0.6) is 11.5 Å². The molecule has 1 unspecified atom stereocenters. The van der Waals surface area contributed by atoms with Gasteiger partial charge in [0.2, 0.25) is 5.95 Å². The van der Waals surface area contributed by atoms with Crippen molar-refractivity contribution in [2.75, 3.05) is 19.5 Å². The first kappa shape index (κ1) is 20.3. The van der Waals surface area contributed by atoms with Crippen molar-refractivity contribution in [1.82, 2.24) is 14.8 Å². The van der Waals surface area contributed by atoms with E-state index >= 15 is 0 Å². The van der Waals surface area contributed by atoms with Gasteiger partial charge in [-0.1, -0.05) is 44.2 Å². The Morgan fingerprint density at radius 1 is 1.06 bits per heavy atom. The van der Waals surface area contributed by atoms with Crippen molar-refractivity contribution in [3.05, 3.63) is 65.4 Å². The van der Waals surface area contributed by atoms with Crippen molar-refractivity contribution >= 4 is 11.7 Å². The van der Waals surface area contributed by atoms with E-state index in [-0.39, 0.29) is 11.2 Å². The fraction of sp³-hybridized carbons (Fsp3) is 0.320. The van der Waals surface area contributed by atoms with Crippen molar-refractivity contribution < 1.29 is 14.3 Å².